The summed E-state index contributed by atoms with van der Waals surface area (Å²) in [6, 6.07) is 40.1. The zero-order valence-corrected chi connectivity index (χ0v) is 46.8. The number of carbonyl (C=O) groups is 4. The molecule has 2 aliphatic rings. The average Bonchev–Trinajstić information content (AvgIpc) is 3.49. The summed E-state index contributed by atoms with van der Waals surface area (Å²) in [7, 11) is 0. The second-order valence-corrected chi connectivity index (χ2v) is 21.6. The molecule has 0 radical (unpaired) electrons. The summed E-state index contributed by atoms with van der Waals surface area (Å²) < 4.78 is 33.9. The molecule has 5 aromatic carbocycles. The van der Waals surface area contributed by atoms with E-state index in [1.807, 2.05) is 36.4 Å². The van der Waals surface area contributed by atoms with Crippen molar-refractivity contribution in [1.29, 1.82) is 0 Å². The number of carbonyl (C=O) groups excluding carboxylic acids is 4. The predicted molar refractivity (Wildman–Crippen MR) is 314 cm³/mol. The van der Waals surface area contributed by atoms with Crippen LogP contribution in [0.4, 0.5) is 0 Å². The van der Waals surface area contributed by atoms with Gasteiger partial charge in [-0.3, -0.25) is 9.59 Å². The largest absolute Gasteiger partial charge is 0.494 e. The van der Waals surface area contributed by atoms with Gasteiger partial charge < -0.3 is 28.4 Å². The minimum atomic E-state index is -0.369. The van der Waals surface area contributed by atoms with Crippen molar-refractivity contribution in [2.45, 2.75) is 160 Å². The van der Waals surface area contributed by atoms with Gasteiger partial charge in [0.2, 0.25) is 0 Å². The monoisotopic (exact) mass is 1070 g/mol. The average molecular weight is 1070 g/mol. The molecule has 0 heterocycles. The third-order valence-corrected chi connectivity index (χ3v) is 15.8. The number of rotatable bonds is 32. The lowest BCUT2D eigenvalue weighted by Crippen LogP contribution is -2.17. The summed E-state index contributed by atoms with van der Waals surface area (Å²) in [4.78, 5) is 49.0. The molecule has 7 rings (SSSR count). The molecule has 10 heteroatoms. The van der Waals surface area contributed by atoms with Crippen molar-refractivity contribution in [3.05, 3.63) is 157 Å². The lowest BCUT2D eigenvalue weighted by atomic mass is 9.77. The Kier molecular flexibility index (Phi) is 24.8. The van der Waals surface area contributed by atoms with E-state index in [2.05, 4.69) is 92.9 Å². The highest BCUT2D eigenvalue weighted by Gasteiger charge is 2.26. The molecule has 0 amide bonds. The molecule has 0 aromatic heterocycles. The lowest BCUT2D eigenvalue weighted by molar-refractivity contribution is -0.138. The van der Waals surface area contributed by atoms with Gasteiger partial charge in [0, 0.05) is 25.0 Å². The molecule has 0 atom stereocenters. The first-order valence-corrected chi connectivity index (χ1v) is 29.4. The summed E-state index contributed by atoms with van der Waals surface area (Å²) in [6.45, 7) is 11.1. The van der Waals surface area contributed by atoms with Gasteiger partial charge in [-0.1, -0.05) is 105 Å². The van der Waals surface area contributed by atoms with Gasteiger partial charge in [0.15, 0.2) is 11.5 Å². The number of esters is 4. The van der Waals surface area contributed by atoms with Gasteiger partial charge in [-0.2, -0.15) is 0 Å². The fraction of sp³-hybridized carbons (Fsp3) is 0.449. The number of hydrogen-bond acceptors (Lipinski definition) is 10. The number of aryl methyl sites for hydroxylation is 1. The van der Waals surface area contributed by atoms with E-state index >= 15 is 0 Å². The van der Waals surface area contributed by atoms with Gasteiger partial charge in [-0.15, -0.1) is 0 Å². The molecular weight excluding hydrogens is 989 g/mol. The highest BCUT2D eigenvalue weighted by molar-refractivity contribution is 5.81. The van der Waals surface area contributed by atoms with Crippen LogP contribution in [0.5, 0.6) is 23.0 Å². The molecule has 420 valence electrons. The van der Waals surface area contributed by atoms with Crippen molar-refractivity contribution in [1.82, 2.24) is 0 Å². The van der Waals surface area contributed by atoms with Crippen molar-refractivity contribution >= 4 is 23.9 Å². The first kappa shape index (κ1) is 59.7. The van der Waals surface area contributed by atoms with Crippen LogP contribution in [0.3, 0.4) is 0 Å². The summed E-state index contributed by atoms with van der Waals surface area (Å²) >= 11 is 0. The Morgan fingerprint density at radius 3 is 1.23 bits per heavy atom. The van der Waals surface area contributed by atoms with E-state index in [0.717, 1.165) is 157 Å². The maximum Gasteiger partial charge on any atom is 0.330 e. The molecule has 0 aliphatic heterocycles. The van der Waals surface area contributed by atoms with Crippen LogP contribution in [0.1, 0.15) is 170 Å². The van der Waals surface area contributed by atoms with Crippen LogP contribution >= 0.6 is 0 Å². The molecule has 0 spiro atoms. The maximum absolute atomic E-state index is 13.4. The van der Waals surface area contributed by atoms with E-state index in [-0.39, 0.29) is 23.9 Å². The first-order valence-electron chi connectivity index (χ1n) is 29.4. The molecule has 0 N–H and O–H groups in total. The van der Waals surface area contributed by atoms with Crippen LogP contribution < -0.4 is 18.9 Å². The van der Waals surface area contributed by atoms with Crippen molar-refractivity contribution in [2.75, 3.05) is 26.4 Å². The Bertz CT molecular complexity index is 2660. The SMILES string of the molecule is C=CC(=O)OCCCCCCOc1ccc(-c2ccc(C3CCC(CCC(=O)Oc4cc(CCC)ccc4OC(=O)CC[C@H]4CC[C@H](c5ccc(-c6ccc(OCCCCCCOC(=O)C=C)cc6)cc5)CC4)CC3)cc2)cc1. The Labute approximate surface area is 470 Å². The lowest BCUT2D eigenvalue weighted by Gasteiger charge is -2.29. The number of unbranched alkanes of at least 4 members (excludes halogenated alkanes) is 6. The van der Waals surface area contributed by atoms with E-state index in [9.17, 15) is 19.2 Å². The Morgan fingerprint density at radius 1 is 0.456 bits per heavy atom. The molecule has 79 heavy (non-hydrogen) atoms. The fourth-order valence-corrected chi connectivity index (χ4v) is 11.1. The van der Waals surface area contributed by atoms with Gasteiger partial charge in [0.1, 0.15) is 11.5 Å². The van der Waals surface area contributed by atoms with E-state index < -0.39 is 0 Å². The maximum atomic E-state index is 13.4. The molecule has 0 unspecified atom stereocenters. The van der Waals surface area contributed by atoms with E-state index in [1.54, 1.807) is 6.07 Å². The van der Waals surface area contributed by atoms with Crippen LogP contribution in [-0.4, -0.2) is 50.3 Å². The molecule has 2 saturated carbocycles. The van der Waals surface area contributed by atoms with Gasteiger partial charge >= 0.3 is 23.9 Å². The molecule has 10 nitrogen and oxygen atoms in total. The standard InChI is InChI=1S/C69H84O10/c1-4-15-53-20-43-64(78-68(72)44-21-51-16-23-54(24-17-51)56-27-31-58(32-28-56)60-35-39-62(40-36-60)74-46-11-7-9-13-48-76-66(70)5-2)65(50-53)79-69(73)45-22-52-18-25-55(26-19-52)57-29-33-59(34-30-57)61-37-41-63(42-38-61)75-47-12-8-10-14-49-77-67(71)6-3/h5-6,20,27-43,50-52,54-55H,2-4,7-19,21-26,44-49H2,1H3/t51-,52?,54-,55?. The normalized spacial score (nSPS) is 17.0. The summed E-state index contributed by atoms with van der Waals surface area (Å²) in [5.74, 6) is 3.03. The van der Waals surface area contributed by atoms with Crippen LogP contribution in [0.2, 0.25) is 0 Å². The molecule has 2 aliphatic carbocycles. The second kappa shape index (κ2) is 32.8. The third kappa shape index (κ3) is 20.3. The molecule has 5 aromatic rings. The highest BCUT2D eigenvalue weighted by atomic mass is 16.6. The van der Waals surface area contributed by atoms with Crippen LogP contribution in [-0.2, 0) is 35.1 Å². The van der Waals surface area contributed by atoms with E-state index in [4.69, 9.17) is 28.4 Å². The van der Waals surface area contributed by atoms with Gasteiger partial charge in [-0.05, 0) is 221 Å². The van der Waals surface area contributed by atoms with Gasteiger partial charge in [0.25, 0.3) is 0 Å². The molecule has 0 bridgehead atoms. The topological polar surface area (TPSA) is 124 Å². The van der Waals surface area contributed by atoms with Crippen molar-refractivity contribution in [3.8, 4) is 45.3 Å². The van der Waals surface area contributed by atoms with E-state index in [1.165, 1.54) is 34.4 Å². The zero-order valence-electron chi connectivity index (χ0n) is 46.8. The first-order chi connectivity index (χ1) is 38.7. The van der Waals surface area contributed by atoms with Crippen LogP contribution in [0, 0.1) is 11.8 Å². The Hall–Kier alpha value is -6.94. The van der Waals surface area contributed by atoms with Gasteiger partial charge in [-0.25, -0.2) is 9.59 Å². The Balaban J connectivity index is 0.769. The summed E-state index contributed by atoms with van der Waals surface area (Å²) in [6.07, 6.45) is 22.7. The minimum Gasteiger partial charge on any atom is -0.494 e. The van der Waals surface area contributed by atoms with E-state index in [0.29, 0.717) is 74.4 Å². The molecule has 2 fully saturated rings. The Morgan fingerprint density at radius 2 is 0.835 bits per heavy atom. The zero-order chi connectivity index (χ0) is 55.4. The fourth-order valence-electron chi connectivity index (χ4n) is 11.1. The van der Waals surface area contributed by atoms with Crippen molar-refractivity contribution < 1.29 is 47.6 Å². The minimum absolute atomic E-state index is 0.283. The number of hydrogen-bond donors (Lipinski definition) is 0. The molecular formula is C69H84O10. The second-order valence-electron chi connectivity index (χ2n) is 21.6. The quantitative estimate of drug-likeness (QED) is 0.0178. The molecule has 0 saturated heterocycles. The summed E-state index contributed by atoms with van der Waals surface area (Å²) in [5.41, 5.74) is 8.47. The van der Waals surface area contributed by atoms with Crippen LogP contribution in [0.15, 0.2) is 141 Å². The van der Waals surface area contributed by atoms with Gasteiger partial charge in [0.05, 0.1) is 26.4 Å². The third-order valence-electron chi connectivity index (χ3n) is 15.8. The number of benzene rings is 5. The smallest absolute Gasteiger partial charge is 0.330 e. The van der Waals surface area contributed by atoms with Crippen LogP contribution in [0.25, 0.3) is 22.3 Å². The highest BCUT2D eigenvalue weighted by Crippen LogP contribution is 2.40. The predicted octanol–water partition coefficient (Wildman–Crippen LogP) is 16.6. The number of ether oxygens (including phenoxy) is 6. The van der Waals surface area contributed by atoms with Crippen molar-refractivity contribution in [2.24, 2.45) is 11.8 Å². The van der Waals surface area contributed by atoms with Crippen molar-refractivity contribution in [3.63, 3.8) is 0 Å². The summed E-state index contributed by atoms with van der Waals surface area (Å²) in [5, 5.41) is 0.